The summed E-state index contributed by atoms with van der Waals surface area (Å²) in [6.07, 6.45) is 2.44. The summed E-state index contributed by atoms with van der Waals surface area (Å²) in [5.41, 5.74) is 5.32. The molecule has 3 nitrogen and oxygen atoms in total. The zero-order chi connectivity index (χ0) is 20.1. The highest BCUT2D eigenvalue weighted by Gasteiger charge is 2.21. The molecule has 4 aromatic rings. The van der Waals surface area contributed by atoms with Crippen LogP contribution in [0.3, 0.4) is 0 Å². The second-order valence-electron chi connectivity index (χ2n) is 7.48. The van der Waals surface area contributed by atoms with Crippen LogP contribution in [0.5, 0.6) is 0 Å². The standard InChI is InChI=1S/C26H25NO2/c1-19-12-13-25-23(14-19)24(16-27-25)22(15-26(28)21-10-6-3-7-11-21)18-29-17-20-8-4-2-5-9-20/h2-14,16,22,27H,15,17-18H2,1H3/t22-/m0/s1. The van der Waals surface area contributed by atoms with Crippen LogP contribution in [-0.4, -0.2) is 17.4 Å². The number of rotatable bonds is 8. The molecule has 0 aliphatic carbocycles. The Morgan fingerprint density at radius 2 is 1.69 bits per heavy atom. The summed E-state index contributed by atoms with van der Waals surface area (Å²) in [6.45, 7) is 3.12. The van der Waals surface area contributed by atoms with Crippen molar-refractivity contribution in [3.63, 3.8) is 0 Å². The number of hydrogen-bond donors (Lipinski definition) is 1. The smallest absolute Gasteiger partial charge is 0.163 e. The number of aryl methyl sites for hydroxylation is 1. The van der Waals surface area contributed by atoms with Gasteiger partial charge in [-0.25, -0.2) is 0 Å². The van der Waals surface area contributed by atoms with Gasteiger partial charge in [-0.2, -0.15) is 0 Å². The lowest BCUT2D eigenvalue weighted by atomic mass is 9.91. The SMILES string of the molecule is Cc1ccc2[nH]cc([C@H](COCc3ccccc3)CC(=O)c3ccccc3)c2c1. The fraction of sp³-hybridized carbons (Fsp3) is 0.192. The van der Waals surface area contributed by atoms with Crippen molar-refractivity contribution in [2.45, 2.75) is 25.9 Å². The van der Waals surface area contributed by atoms with E-state index in [0.29, 0.717) is 19.6 Å². The first-order valence-corrected chi connectivity index (χ1v) is 9.98. The van der Waals surface area contributed by atoms with E-state index in [-0.39, 0.29) is 11.7 Å². The molecule has 4 rings (SSSR count). The Morgan fingerprint density at radius 1 is 0.966 bits per heavy atom. The molecule has 0 spiro atoms. The second-order valence-corrected chi connectivity index (χ2v) is 7.48. The number of nitrogens with one attached hydrogen (secondary N) is 1. The van der Waals surface area contributed by atoms with E-state index in [1.807, 2.05) is 54.7 Å². The van der Waals surface area contributed by atoms with E-state index in [0.717, 1.165) is 22.2 Å². The van der Waals surface area contributed by atoms with Gasteiger partial charge in [0.25, 0.3) is 0 Å². The summed E-state index contributed by atoms with van der Waals surface area (Å²) in [7, 11) is 0. The molecule has 1 aromatic heterocycles. The number of fused-ring (bicyclic) bond motifs is 1. The number of carbonyl (C=O) groups is 1. The van der Waals surface area contributed by atoms with Gasteiger partial charge in [0.15, 0.2) is 5.78 Å². The predicted octanol–water partition coefficient (Wildman–Crippen LogP) is 6.05. The molecule has 0 radical (unpaired) electrons. The number of aromatic nitrogens is 1. The summed E-state index contributed by atoms with van der Waals surface area (Å²) >= 11 is 0. The van der Waals surface area contributed by atoms with Gasteiger partial charge in [-0.15, -0.1) is 0 Å². The third kappa shape index (κ3) is 4.64. The lowest BCUT2D eigenvalue weighted by Crippen LogP contribution is -2.13. The molecule has 1 heterocycles. The number of hydrogen-bond acceptors (Lipinski definition) is 2. The molecular weight excluding hydrogens is 358 g/mol. The van der Waals surface area contributed by atoms with Crippen molar-refractivity contribution in [3.8, 4) is 0 Å². The monoisotopic (exact) mass is 383 g/mol. The third-order valence-electron chi connectivity index (χ3n) is 5.27. The van der Waals surface area contributed by atoms with Crippen molar-refractivity contribution in [1.29, 1.82) is 0 Å². The Balaban J connectivity index is 1.57. The molecule has 0 saturated heterocycles. The molecule has 1 N–H and O–H groups in total. The van der Waals surface area contributed by atoms with Crippen LogP contribution in [0.1, 0.15) is 39.4 Å². The van der Waals surface area contributed by atoms with Crippen LogP contribution in [0, 0.1) is 6.92 Å². The van der Waals surface area contributed by atoms with Crippen molar-refractivity contribution in [1.82, 2.24) is 4.98 Å². The minimum absolute atomic E-state index is 0.0121. The number of ketones is 1. The first-order chi connectivity index (χ1) is 14.2. The molecule has 0 aliphatic heterocycles. The lowest BCUT2D eigenvalue weighted by Gasteiger charge is -2.17. The Hall–Kier alpha value is -3.17. The zero-order valence-electron chi connectivity index (χ0n) is 16.6. The summed E-state index contributed by atoms with van der Waals surface area (Å²) in [5, 5.41) is 1.17. The highest BCUT2D eigenvalue weighted by molar-refractivity contribution is 5.97. The van der Waals surface area contributed by atoms with Crippen molar-refractivity contribution in [2.75, 3.05) is 6.61 Å². The quantitative estimate of drug-likeness (QED) is 0.376. The predicted molar refractivity (Wildman–Crippen MR) is 117 cm³/mol. The molecule has 0 bridgehead atoms. The van der Waals surface area contributed by atoms with Gasteiger partial charge >= 0.3 is 0 Å². The van der Waals surface area contributed by atoms with Crippen LogP contribution in [0.15, 0.2) is 85.1 Å². The summed E-state index contributed by atoms with van der Waals surface area (Å²) in [5.74, 6) is 0.128. The number of Topliss-reactive ketones (excluding diaryl/α,β-unsaturated/α-hetero) is 1. The number of carbonyl (C=O) groups excluding carboxylic acids is 1. The summed E-state index contributed by atoms with van der Waals surface area (Å²) in [4.78, 5) is 16.3. The molecule has 3 heteroatoms. The topological polar surface area (TPSA) is 42.1 Å². The van der Waals surface area contributed by atoms with Crippen molar-refractivity contribution >= 4 is 16.7 Å². The molecule has 3 aromatic carbocycles. The Kier molecular flexibility index (Phi) is 5.87. The zero-order valence-corrected chi connectivity index (χ0v) is 16.6. The Labute approximate surface area is 171 Å². The Morgan fingerprint density at radius 3 is 2.45 bits per heavy atom. The molecule has 29 heavy (non-hydrogen) atoms. The molecule has 0 unspecified atom stereocenters. The van der Waals surface area contributed by atoms with E-state index in [9.17, 15) is 4.79 Å². The second kappa shape index (κ2) is 8.89. The van der Waals surface area contributed by atoms with Gasteiger partial charge in [-0.1, -0.05) is 72.3 Å². The van der Waals surface area contributed by atoms with Crippen molar-refractivity contribution in [3.05, 3.63) is 107 Å². The molecular formula is C26H25NO2. The van der Waals surface area contributed by atoms with Gasteiger partial charge < -0.3 is 9.72 Å². The molecule has 0 fully saturated rings. The van der Waals surface area contributed by atoms with E-state index in [4.69, 9.17) is 4.74 Å². The minimum atomic E-state index is -0.0121. The first-order valence-electron chi connectivity index (χ1n) is 9.98. The van der Waals surface area contributed by atoms with Gasteiger partial charge in [-0.3, -0.25) is 4.79 Å². The average molecular weight is 383 g/mol. The van der Waals surface area contributed by atoms with Crippen LogP contribution in [-0.2, 0) is 11.3 Å². The van der Waals surface area contributed by atoms with Crippen LogP contribution in [0.2, 0.25) is 0 Å². The van der Waals surface area contributed by atoms with E-state index in [1.165, 1.54) is 10.9 Å². The fourth-order valence-corrected chi connectivity index (χ4v) is 3.71. The van der Waals surface area contributed by atoms with Crippen molar-refractivity contribution in [2.24, 2.45) is 0 Å². The van der Waals surface area contributed by atoms with Gasteiger partial charge in [0.05, 0.1) is 13.2 Å². The highest BCUT2D eigenvalue weighted by atomic mass is 16.5. The number of H-pyrrole nitrogens is 1. The van der Waals surface area contributed by atoms with E-state index >= 15 is 0 Å². The van der Waals surface area contributed by atoms with Crippen LogP contribution in [0.4, 0.5) is 0 Å². The first kappa shape index (κ1) is 19.2. The number of ether oxygens (including phenoxy) is 1. The maximum absolute atomic E-state index is 12.9. The maximum atomic E-state index is 12.9. The average Bonchev–Trinajstić information content (AvgIpc) is 3.17. The molecule has 146 valence electrons. The third-order valence-corrected chi connectivity index (χ3v) is 5.27. The van der Waals surface area contributed by atoms with Crippen LogP contribution < -0.4 is 0 Å². The van der Waals surface area contributed by atoms with E-state index in [1.54, 1.807) is 0 Å². The van der Waals surface area contributed by atoms with Gasteiger partial charge in [0.2, 0.25) is 0 Å². The summed E-state index contributed by atoms with van der Waals surface area (Å²) in [6, 6.07) is 26.0. The number of aromatic amines is 1. The summed E-state index contributed by atoms with van der Waals surface area (Å²) < 4.78 is 6.06. The molecule has 0 aliphatic rings. The van der Waals surface area contributed by atoms with E-state index < -0.39 is 0 Å². The minimum Gasteiger partial charge on any atom is -0.376 e. The number of benzene rings is 3. The van der Waals surface area contributed by atoms with Gasteiger partial charge in [0.1, 0.15) is 0 Å². The largest absolute Gasteiger partial charge is 0.376 e. The van der Waals surface area contributed by atoms with Gasteiger partial charge in [0, 0.05) is 35.0 Å². The molecule has 0 saturated carbocycles. The van der Waals surface area contributed by atoms with Crippen LogP contribution in [0.25, 0.3) is 10.9 Å². The molecule has 0 amide bonds. The normalized spacial score (nSPS) is 12.2. The van der Waals surface area contributed by atoms with Crippen LogP contribution >= 0.6 is 0 Å². The lowest BCUT2D eigenvalue weighted by molar-refractivity contribution is 0.0868. The van der Waals surface area contributed by atoms with E-state index in [2.05, 4.69) is 42.2 Å². The molecule has 1 atom stereocenters. The maximum Gasteiger partial charge on any atom is 0.163 e. The highest BCUT2D eigenvalue weighted by Crippen LogP contribution is 2.30. The van der Waals surface area contributed by atoms with Gasteiger partial charge in [-0.05, 0) is 30.2 Å². The Bertz CT molecular complexity index is 1080. The van der Waals surface area contributed by atoms with Crippen molar-refractivity contribution < 1.29 is 9.53 Å². The fourth-order valence-electron chi connectivity index (χ4n) is 3.71.